The first-order chi connectivity index (χ1) is 10.1. The van der Waals surface area contributed by atoms with Gasteiger partial charge in [-0.15, -0.1) is 0 Å². The number of ether oxygens (including phenoxy) is 1. The van der Waals surface area contributed by atoms with Crippen molar-refractivity contribution in [1.82, 2.24) is 5.32 Å². The van der Waals surface area contributed by atoms with E-state index in [0.717, 1.165) is 37.9 Å². The van der Waals surface area contributed by atoms with Gasteiger partial charge >= 0.3 is 0 Å². The molecule has 1 amide bonds. The molecule has 2 atom stereocenters. The van der Waals surface area contributed by atoms with Crippen molar-refractivity contribution in [2.45, 2.75) is 44.6 Å². The van der Waals surface area contributed by atoms with Crippen LogP contribution in [0.4, 0.5) is 0 Å². The van der Waals surface area contributed by atoms with Gasteiger partial charge in [0.25, 0.3) is 0 Å². The lowest BCUT2D eigenvalue weighted by Crippen LogP contribution is -2.56. The number of aryl methyl sites for hydroxylation is 1. The van der Waals surface area contributed by atoms with Gasteiger partial charge in [0.2, 0.25) is 5.91 Å². The summed E-state index contributed by atoms with van der Waals surface area (Å²) in [5, 5.41) is 3.16. The van der Waals surface area contributed by atoms with Crippen LogP contribution < -0.4 is 15.8 Å². The number of nitrogens with two attached hydrogens (primary N) is 1. The van der Waals surface area contributed by atoms with E-state index in [1.165, 1.54) is 5.56 Å². The normalized spacial score (nSPS) is 25.0. The zero-order valence-corrected chi connectivity index (χ0v) is 13.0. The van der Waals surface area contributed by atoms with Crippen LogP contribution in [0.2, 0.25) is 0 Å². The van der Waals surface area contributed by atoms with Crippen molar-refractivity contribution in [2.75, 3.05) is 13.7 Å². The van der Waals surface area contributed by atoms with Gasteiger partial charge in [0.1, 0.15) is 11.3 Å². The van der Waals surface area contributed by atoms with Gasteiger partial charge in [0.15, 0.2) is 0 Å². The molecule has 21 heavy (non-hydrogen) atoms. The van der Waals surface area contributed by atoms with Crippen molar-refractivity contribution in [3.05, 3.63) is 29.8 Å². The summed E-state index contributed by atoms with van der Waals surface area (Å²) in [7, 11) is 1.83. The maximum atomic E-state index is 11.8. The summed E-state index contributed by atoms with van der Waals surface area (Å²) in [6, 6.07) is 8.19. The highest BCUT2D eigenvalue weighted by Gasteiger charge is 2.46. The second kappa shape index (κ2) is 6.94. The molecule has 1 fully saturated rings. The van der Waals surface area contributed by atoms with Crippen molar-refractivity contribution in [3.8, 4) is 5.75 Å². The molecule has 0 aliphatic heterocycles. The Hall–Kier alpha value is -1.55. The third kappa shape index (κ3) is 3.38. The number of hydrogen-bond acceptors (Lipinski definition) is 3. The van der Waals surface area contributed by atoms with E-state index >= 15 is 0 Å². The lowest BCUT2D eigenvalue weighted by molar-refractivity contribution is -0.125. The predicted octanol–water partition coefficient (Wildman–Crippen LogP) is 2.26. The van der Waals surface area contributed by atoms with Gasteiger partial charge in [-0.25, -0.2) is 0 Å². The highest BCUT2D eigenvalue weighted by molar-refractivity contribution is 5.85. The monoisotopic (exact) mass is 290 g/mol. The molecule has 1 aromatic carbocycles. The van der Waals surface area contributed by atoms with E-state index in [9.17, 15) is 4.79 Å². The Morgan fingerprint density at radius 3 is 2.71 bits per heavy atom. The third-order valence-electron chi connectivity index (χ3n) is 4.77. The molecule has 3 N–H and O–H groups in total. The topological polar surface area (TPSA) is 64.3 Å². The van der Waals surface area contributed by atoms with E-state index in [4.69, 9.17) is 10.5 Å². The average molecular weight is 290 g/mol. The van der Waals surface area contributed by atoms with Crippen LogP contribution in [0.15, 0.2) is 24.3 Å². The van der Waals surface area contributed by atoms with Gasteiger partial charge in [-0.2, -0.15) is 0 Å². The van der Waals surface area contributed by atoms with E-state index in [2.05, 4.69) is 24.4 Å². The first-order valence-corrected chi connectivity index (χ1v) is 7.83. The minimum absolute atomic E-state index is 0.236. The molecule has 4 nitrogen and oxygen atoms in total. The Kier molecular flexibility index (Phi) is 5.23. The third-order valence-corrected chi connectivity index (χ3v) is 4.77. The Morgan fingerprint density at radius 1 is 1.43 bits per heavy atom. The maximum absolute atomic E-state index is 11.8. The number of nitrogens with one attached hydrogen (secondary N) is 1. The summed E-state index contributed by atoms with van der Waals surface area (Å²) >= 11 is 0. The van der Waals surface area contributed by atoms with E-state index in [1.807, 2.05) is 19.2 Å². The van der Waals surface area contributed by atoms with Crippen LogP contribution in [0.5, 0.6) is 5.75 Å². The molecule has 1 aliphatic carbocycles. The first kappa shape index (κ1) is 15.8. The summed E-state index contributed by atoms with van der Waals surface area (Å²) in [6.45, 7) is 2.75. The molecular weight excluding hydrogens is 264 g/mol. The Labute approximate surface area is 127 Å². The van der Waals surface area contributed by atoms with E-state index < -0.39 is 5.54 Å². The fourth-order valence-corrected chi connectivity index (χ4v) is 3.39. The molecule has 0 radical (unpaired) electrons. The van der Waals surface area contributed by atoms with Crippen LogP contribution in [-0.2, 0) is 11.2 Å². The molecule has 1 saturated carbocycles. The van der Waals surface area contributed by atoms with Crippen LogP contribution in [0.3, 0.4) is 0 Å². The van der Waals surface area contributed by atoms with E-state index in [1.54, 1.807) is 0 Å². The Balaban J connectivity index is 1.88. The molecule has 4 heteroatoms. The molecule has 0 aromatic heterocycles. The second-order valence-electron chi connectivity index (χ2n) is 5.81. The number of carbonyl (C=O) groups is 1. The number of rotatable bonds is 7. The van der Waals surface area contributed by atoms with Gasteiger partial charge in [0.05, 0.1) is 6.61 Å². The molecule has 1 aromatic rings. The van der Waals surface area contributed by atoms with Gasteiger partial charge in [-0.05, 0) is 56.3 Å². The maximum Gasteiger partial charge on any atom is 0.238 e. The molecule has 1 aliphatic rings. The molecule has 0 bridgehead atoms. The summed E-state index contributed by atoms with van der Waals surface area (Å²) in [4.78, 5) is 11.8. The van der Waals surface area contributed by atoms with Crippen molar-refractivity contribution in [1.29, 1.82) is 0 Å². The van der Waals surface area contributed by atoms with Crippen molar-refractivity contribution >= 4 is 5.91 Å². The number of benzene rings is 1. The molecular formula is C17H26N2O2. The number of likely N-dealkylation sites (N-methyl/N-ethyl adjacent to an activating group) is 1. The first-order valence-electron chi connectivity index (χ1n) is 7.83. The summed E-state index contributed by atoms with van der Waals surface area (Å²) in [5.41, 5.74) is 6.37. The van der Waals surface area contributed by atoms with Gasteiger partial charge in [-0.3, -0.25) is 4.79 Å². The standard InChI is InChI=1S/C17H26N2O2/c1-3-13-6-8-15(9-7-13)21-12-10-14-5-4-11-17(14,19-2)16(18)20/h6-9,14,19H,3-5,10-12H2,1-2H3,(H2,18,20). The van der Waals surface area contributed by atoms with Crippen molar-refractivity contribution < 1.29 is 9.53 Å². The largest absolute Gasteiger partial charge is 0.494 e. The summed E-state index contributed by atoms with van der Waals surface area (Å²) in [5.74, 6) is 0.911. The molecule has 2 rings (SSSR count). The highest BCUT2D eigenvalue weighted by Crippen LogP contribution is 2.37. The Morgan fingerprint density at radius 2 is 2.14 bits per heavy atom. The van der Waals surface area contributed by atoms with Crippen LogP contribution in [0.1, 0.15) is 38.2 Å². The minimum atomic E-state index is -0.546. The van der Waals surface area contributed by atoms with Crippen LogP contribution >= 0.6 is 0 Å². The van der Waals surface area contributed by atoms with Crippen LogP contribution in [-0.4, -0.2) is 25.1 Å². The van der Waals surface area contributed by atoms with Gasteiger partial charge in [0, 0.05) is 0 Å². The molecule has 0 heterocycles. The SMILES string of the molecule is CCc1ccc(OCCC2CCCC2(NC)C(N)=O)cc1. The summed E-state index contributed by atoms with van der Waals surface area (Å²) in [6.07, 6.45) is 4.78. The zero-order valence-electron chi connectivity index (χ0n) is 13.0. The molecule has 0 saturated heterocycles. The zero-order chi connectivity index (χ0) is 15.3. The number of hydrogen-bond donors (Lipinski definition) is 2. The lowest BCUT2D eigenvalue weighted by atomic mass is 9.84. The number of carbonyl (C=O) groups excluding carboxylic acids is 1. The minimum Gasteiger partial charge on any atom is -0.494 e. The fourth-order valence-electron chi connectivity index (χ4n) is 3.39. The number of amides is 1. The van der Waals surface area contributed by atoms with Crippen LogP contribution in [0.25, 0.3) is 0 Å². The summed E-state index contributed by atoms with van der Waals surface area (Å²) < 4.78 is 5.81. The van der Waals surface area contributed by atoms with E-state index in [-0.39, 0.29) is 11.8 Å². The molecule has 0 spiro atoms. The van der Waals surface area contributed by atoms with Crippen LogP contribution in [0, 0.1) is 5.92 Å². The van der Waals surface area contributed by atoms with E-state index in [0.29, 0.717) is 6.61 Å². The van der Waals surface area contributed by atoms with Gasteiger partial charge in [-0.1, -0.05) is 25.5 Å². The molecule has 116 valence electrons. The van der Waals surface area contributed by atoms with Gasteiger partial charge < -0.3 is 15.8 Å². The molecule has 2 unspecified atom stereocenters. The predicted molar refractivity (Wildman–Crippen MR) is 84.3 cm³/mol. The van der Waals surface area contributed by atoms with Crippen molar-refractivity contribution in [3.63, 3.8) is 0 Å². The quantitative estimate of drug-likeness (QED) is 0.809. The Bertz CT molecular complexity index is 472. The number of primary amides is 1. The fraction of sp³-hybridized carbons (Fsp3) is 0.588. The second-order valence-corrected chi connectivity index (χ2v) is 5.81. The lowest BCUT2D eigenvalue weighted by Gasteiger charge is -2.32. The average Bonchev–Trinajstić information content (AvgIpc) is 2.92. The van der Waals surface area contributed by atoms with Crippen molar-refractivity contribution in [2.24, 2.45) is 11.7 Å². The smallest absolute Gasteiger partial charge is 0.238 e. The highest BCUT2D eigenvalue weighted by atomic mass is 16.5.